The van der Waals surface area contributed by atoms with Crippen molar-refractivity contribution in [2.75, 3.05) is 12.8 Å². The smallest absolute Gasteiger partial charge is 0.221 e. The third-order valence-corrected chi connectivity index (χ3v) is 4.39. The number of nitrogens with one attached hydrogen (secondary N) is 2. The number of rotatable bonds is 7. The zero-order valence-corrected chi connectivity index (χ0v) is 13.2. The monoisotopic (exact) mass is 327 g/mol. The number of sulfonamides is 1. The maximum atomic E-state index is 12.0. The van der Waals surface area contributed by atoms with E-state index >= 15 is 0 Å². The number of carbonyl (C=O) groups excluding carboxylic acids is 1. The number of aliphatic hydroxyl groups is 1. The Morgan fingerprint density at radius 1 is 1.45 bits per heavy atom. The largest absolute Gasteiger partial charge is 0.393 e. The summed E-state index contributed by atoms with van der Waals surface area (Å²) in [7, 11) is -3.29. The fraction of sp³-hybridized carbons (Fsp3) is 0.571. The van der Waals surface area contributed by atoms with Gasteiger partial charge in [-0.2, -0.15) is 0 Å². The number of hydrogen-bond donors (Lipinski definition) is 3. The SMILES string of the molecule is CS(=O)(=O)NCCC(=O)N[C@@H](c1ccccn1)C1CC(O)C1. The van der Waals surface area contributed by atoms with Crippen molar-refractivity contribution in [3.8, 4) is 0 Å². The molecule has 1 saturated carbocycles. The van der Waals surface area contributed by atoms with Gasteiger partial charge in [-0.1, -0.05) is 6.07 Å². The molecule has 1 aliphatic rings. The summed E-state index contributed by atoms with van der Waals surface area (Å²) >= 11 is 0. The van der Waals surface area contributed by atoms with Crippen molar-refractivity contribution in [2.45, 2.75) is 31.4 Å². The van der Waals surface area contributed by atoms with Crippen LogP contribution in [0, 0.1) is 5.92 Å². The normalized spacial score (nSPS) is 22.6. The fourth-order valence-electron chi connectivity index (χ4n) is 2.49. The molecule has 1 atom stereocenters. The summed E-state index contributed by atoms with van der Waals surface area (Å²) in [5, 5.41) is 12.4. The summed E-state index contributed by atoms with van der Waals surface area (Å²) in [6.07, 6.45) is 3.71. The highest BCUT2D eigenvalue weighted by atomic mass is 32.2. The van der Waals surface area contributed by atoms with Gasteiger partial charge in [-0.3, -0.25) is 9.78 Å². The third-order valence-electron chi connectivity index (χ3n) is 3.66. The van der Waals surface area contributed by atoms with E-state index in [1.54, 1.807) is 12.3 Å². The van der Waals surface area contributed by atoms with E-state index in [1.807, 2.05) is 12.1 Å². The second-order valence-electron chi connectivity index (χ2n) is 5.60. The second kappa shape index (κ2) is 7.17. The molecule has 0 spiro atoms. The molecule has 1 amide bonds. The molecular formula is C14H21N3O4S. The van der Waals surface area contributed by atoms with Gasteiger partial charge in [0.2, 0.25) is 15.9 Å². The van der Waals surface area contributed by atoms with Gasteiger partial charge in [-0.25, -0.2) is 13.1 Å². The van der Waals surface area contributed by atoms with Gasteiger partial charge < -0.3 is 10.4 Å². The van der Waals surface area contributed by atoms with Gasteiger partial charge in [0.25, 0.3) is 0 Å². The first-order valence-electron chi connectivity index (χ1n) is 7.18. The quantitative estimate of drug-likeness (QED) is 0.651. The Bertz CT molecular complexity index is 600. The Balaban J connectivity index is 1.93. The Labute approximate surface area is 130 Å². The third kappa shape index (κ3) is 5.04. The molecule has 0 radical (unpaired) electrons. The predicted octanol–water partition coefficient (Wildman–Crippen LogP) is -0.0509. The summed E-state index contributed by atoms with van der Waals surface area (Å²) in [5.41, 5.74) is 0.754. The van der Waals surface area contributed by atoms with Crippen molar-refractivity contribution >= 4 is 15.9 Å². The average molecular weight is 327 g/mol. The summed E-state index contributed by atoms with van der Waals surface area (Å²) in [4.78, 5) is 16.3. The molecule has 122 valence electrons. The lowest BCUT2D eigenvalue weighted by Gasteiger charge is -2.37. The zero-order chi connectivity index (χ0) is 16.2. The minimum atomic E-state index is -3.29. The number of aromatic nitrogens is 1. The molecule has 0 bridgehead atoms. The lowest BCUT2D eigenvalue weighted by atomic mass is 9.76. The van der Waals surface area contributed by atoms with Gasteiger partial charge in [-0.15, -0.1) is 0 Å². The fourth-order valence-corrected chi connectivity index (χ4v) is 2.96. The van der Waals surface area contributed by atoms with E-state index in [0.29, 0.717) is 12.8 Å². The van der Waals surface area contributed by atoms with Crippen LogP contribution in [0.4, 0.5) is 0 Å². The number of amides is 1. The van der Waals surface area contributed by atoms with Crippen LogP contribution in [0.1, 0.15) is 31.0 Å². The zero-order valence-electron chi connectivity index (χ0n) is 12.4. The highest BCUT2D eigenvalue weighted by Gasteiger charge is 2.36. The summed E-state index contributed by atoms with van der Waals surface area (Å²) in [5.74, 6) is -0.0927. The van der Waals surface area contributed by atoms with Crippen LogP contribution in [-0.2, 0) is 14.8 Å². The van der Waals surface area contributed by atoms with E-state index in [9.17, 15) is 18.3 Å². The molecule has 1 fully saturated rings. The van der Waals surface area contributed by atoms with E-state index in [0.717, 1.165) is 11.9 Å². The van der Waals surface area contributed by atoms with Gasteiger partial charge in [0.15, 0.2) is 0 Å². The molecule has 0 saturated heterocycles. The molecule has 8 heteroatoms. The number of hydrogen-bond acceptors (Lipinski definition) is 5. The number of nitrogens with zero attached hydrogens (tertiary/aromatic N) is 1. The molecule has 1 aliphatic carbocycles. The van der Waals surface area contributed by atoms with Crippen LogP contribution in [0.3, 0.4) is 0 Å². The Hall–Kier alpha value is -1.51. The average Bonchev–Trinajstić information content (AvgIpc) is 2.41. The molecule has 0 aromatic carbocycles. The van der Waals surface area contributed by atoms with Crippen molar-refractivity contribution in [3.63, 3.8) is 0 Å². The van der Waals surface area contributed by atoms with Crippen molar-refractivity contribution < 1.29 is 18.3 Å². The molecule has 1 heterocycles. The van der Waals surface area contributed by atoms with Crippen LogP contribution in [0.5, 0.6) is 0 Å². The Kier molecular flexibility index (Phi) is 5.49. The van der Waals surface area contributed by atoms with Crippen molar-refractivity contribution in [3.05, 3.63) is 30.1 Å². The van der Waals surface area contributed by atoms with Gasteiger partial charge in [0.1, 0.15) is 0 Å². The van der Waals surface area contributed by atoms with Crippen molar-refractivity contribution in [2.24, 2.45) is 5.92 Å². The second-order valence-corrected chi connectivity index (χ2v) is 7.43. The lowest BCUT2D eigenvalue weighted by Crippen LogP contribution is -2.42. The molecule has 2 rings (SSSR count). The van der Waals surface area contributed by atoms with Gasteiger partial charge in [0, 0.05) is 19.2 Å². The van der Waals surface area contributed by atoms with Crippen LogP contribution >= 0.6 is 0 Å². The molecule has 1 aromatic rings. The lowest BCUT2D eigenvalue weighted by molar-refractivity contribution is -0.122. The maximum Gasteiger partial charge on any atom is 0.221 e. The maximum absolute atomic E-state index is 12.0. The van der Waals surface area contributed by atoms with Crippen LogP contribution in [0.2, 0.25) is 0 Å². The molecule has 3 N–H and O–H groups in total. The van der Waals surface area contributed by atoms with Gasteiger partial charge >= 0.3 is 0 Å². The Morgan fingerprint density at radius 2 is 2.18 bits per heavy atom. The number of pyridine rings is 1. The van der Waals surface area contributed by atoms with Crippen LogP contribution < -0.4 is 10.0 Å². The molecule has 0 aliphatic heterocycles. The standard InChI is InChI=1S/C14H21N3O4S/c1-22(20,21)16-7-5-13(19)17-14(10-8-11(18)9-10)12-4-2-3-6-15-12/h2-4,6,10-11,14,16,18H,5,7-9H2,1H3,(H,17,19)/t10?,11?,14-/m1/s1. The predicted molar refractivity (Wildman–Crippen MR) is 81.3 cm³/mol. The van der Waals surface area contributed by atoms with E-state index < -0.39 is 10.0 Å². The highest BCUT2D eigenvalue weighted by Crippen LogP contribution is 2.37. The van der Waals surface area contributed by atoms with Crippen molar-refractivity contribution in [1.29, 1.82) is 0 Å². The minimum Gasteiger partial charge on any atom is -0.393 e. The van der Waals surface area contributed by atoms with E-state index in [-0.39, 0.29) is 36.9 Å². The number of aliphatic hydroxyl groups excluding tert-OH is 1. The van der Waals surface area contributed by atoms with Crippen molar-refractivity contribution in [1.82, 2.24) is 15.0 Å². The molecule has 0 unspecified atom stereocenters. The topological polar surface area (TPSA) is 108 Å². The van der Waals surface area contributed by atoms with Gasteiger partial charge in [-0.05, 0) is 30.9 Å². The minimum absolute atomic E-state index is 0.0612. The first kappa shape index (κ1) is 16.9. The Morgan fingerprint density at radius 3 is 2.73 bits per heavy atom. The summed E-state index contributed by atoms with van der Waals surface area (Å²) in [6, 6.07) is 5.23. The van der Waals surface area contributed by atoms with E-state index in [4.69, 9.17) is 0 Å². The highest BCUT2D eigenvalue weighted by molar-refractivity contribution is 7.88. The van der Waals surface area contributed by atoms with Gasteiger partial charge in [0.05, 0.1) is 24.1 Å². The first-order valence-corrected chi connectivity index (χ1v) is 9.07. The van der Waals surface area contributed by atoms with Crippen LogP contribution in [0.15, 0.2) is 24.4 Å². The molecule has 7 nitrogen and oxygen atoms in total. The van der Waals surface area contributed by atoms with E-state index in [2.05, 4.69) is 15.0 Å². The van der Waals surface area contributed by atoms with E-state index in [1.165, 1.54) is 0 Å². The van der Waals surface area contributed by atoms with Crippen LogP contribution in [0.25, 0.3) is 0 Å². The number of carbonyl (C=O) groups is 1. The molecule has 1 aromatic heterocycles. The molecule has 22 heavy (non-hydrogen) atoms. The van der Waals surface area contributed by atoms with Crippen LogP contribution in [-0.4, -0.2) is 43.3 Å². The summed E-state index contributed by atoms with van der Waals surface area (Å²) in [6.45, 7) is 0.0624. The summed E-state index contributed by atoms with van der Waals surface area (Å²) < 4.78 is 24.2. The molecular weight excluding hydrogens is 306 g/mol. The first-order chi connectivity index (χ1) is 10.3.